The number of benzene rings is 3. The Labute approximate surface area is 240 Å². The highest BCUT2D eigenvalue weighted by molar-refractivity contribution is 7.77. The number of anilines is 1. The van der Waals surface area contributed by atoms with Crippen molar-refractivity contribution in [3.8, 4) is 5.75 Å². The van der Waals surface area contributed by atoms with Crippen LogP contribution < -0.4 is 20.7 Å². The van der Waals surface area contributed by atoms with Crippen molar-refractivity contribution in [3.05, 3.63) is 109 Å². The number of nitrogens with one attached hydrogen (secondary N) is 1. The zero-order chi connectivity index (χ0) is 29.6. The van der Waals surface area contributed by atoms with Crippen LogP contribution in [-0.2, 0) is 14.1 Å². The lowest BCUT2D eigenvalue weighted by Gasteiger charge is -2.40. The van der Waals surface area contributed by atoms with Gasteiger partial charge in [-0.3, -0.25) is 9.36 Å². The summed E-state index contributed by atoms with van der Waals surface area (Å²) in [5, 5.41) is 3.73. The van der Waals surface area contributed by atoms with E-state index in [2.05, 4.69) is 5.32 Å². The molecular weight excluding hydrogens is 539 g/mol. The molecule has 0 saturated heterocycles. The Morgan fingerprint density at radius 1 is 0.854 bits per heavy atom. The summed E-state index contributed by atoms with van der Waals surface area (Å²) >= 11 is 0. The Bertz CT molecular complexity index is 1440. The maximum absolute atomic E-state index is 15.6. The summed E-state index contributed by atoms with van der Waals surface area (Å²) in [4.78, 5) is 28.0. The molecule has 0 aliphatic heterocycles. The molecule has 9 heteroatoms. The van der Waals surface area contributed by atoms with Gasteiger partial charge in [-0.2, -0.15) is 0 Å². The first-order chi connectivity index (χ1) is 19.5. The third-order valence-electron chi connectivity index (χ3n) is 6.44. The van der Waals surface area contributed by atoms with Crippen LogP contribution in [-0.4, -0.2) is 29.4 Å². The summed E-state index contributed by atoms with van der Waals surface area (Å²) in [7, 11) is -2.40. The molecule has 41 heavy (non-hydrogen) atoms. The number of carbonyl (C=O) groups excluding carboxylic acids is 2. The van der Waals surface area contributed by atoms with E-state index in [1.807, 2.05) is 12.1 Å². The summed E-state index contributed by atoms with van der Waals surface area (Å²) in [6.45, 7) is 6.88. The van der Waals surface area contributed by atoms with Gasteiger partial charge in [-0.1, -0.05) is 43.3 Å². The van der Waals surface area contributed by atoms with Crippen LogP contribution in [0, 0.1) is 5.92 Å². The number of hydrogen-bond donors (Lipinski definition) is 1. The molecule has 0 radical (unpaired) electrons. The molecule has 4 rings (SSSR count). The smallest absolute Gasteiger partial charge is 0.417 e. The van der Waals surface area contributed by atoms with Gasteiger partial charge in [0, 0.05) is 16.3 Å². The van der Waals surface area contributed by atoms with Crippen molar-refractivity contribution in [1.82, 2.24) is 4.67 Å². The number of nitrogens with zero attached hydrogens (tertiary/aromatic N) is 1. The number of methoxy groups -OCH3 is 1. The number of ether oxygens (including phenoxy) is 2. The molecule has 8 nitrogen and oxygen atoms in total. The fraction of sp³-hybridized carbons (Fsp3) is 0.250. The Hall–Kier alpha value is -4.29. The second-order valence-electron chi connectivity index (χ2n) is 10.5. The highest BCUT2D eigenvalue weighted by atomic mass is 31.2. The summed E-state index contributed by atoms with van der Waals surface area (Å²) in [6, 6.07) is 26.7. The van der Waals surface area contributed by atoms with Crippen LogP contribution in [0.1, 0.15) is 39.5 Å². The molecule has 0 aliphatic carbocycles. The van der Waals surface area contributed by atoms with E-state index in [1.54, 1.807) is 120 Å². The van der Waals surface area contributed by atoms with Crippen molar-refractivity contribution < 1.29 is 28.0 Å². The third-order valence-corrected chi connectivity index (χ3v) is 9.45. The summed E-state index contributed by atoms with van der Waals surface area (Å²) in [5.41, 5.74) is -0.366. The molecule has 1 N–H and O–H groups in total. The lowest BCUT2D eigenvalue weighted by Crippen LogP contribution is -2.45. The van der Waals surface area contributed by atoms with Gasteiger partial charge in [-0.05, 0) is 81.4 Å². The third kappa shape index (κ3) is 6.72. The van der Waals surface area contributed by atoms with Gasteiger partial charge < -0.3 is 19.2 Å². The quantitative estimate of drug-likeness (QED) is 0.222. The van der Waals surface area contributed by atoms with Crippen molar-refractivity contribution in [1.29, 1.82) is 0 Å². The van der Waals surface area contributed by atoms with Crippen molar-refractivity contribution in [2.75, 3.05) is 12.4 Å². The molecule has 4 aromatic rings. The van der Waals surface area contributed by atoms with E-state index in [-0.39, 0.29) is 0 Å². The minimum absolute atomic E-state index is 0.292. The molecule has 1 heterocycles. The standard InChI is InChI=1S/C32H35N2O6P/c1-23(30(35)33-24-18-20-25(38-5)21-19-24)29(28-17-12-22-39-28)34(31(36)40-32(2,3)4)41(37,26-13-8-6-9-14-26)27-15-10-7-11-16-27/h6-23,29H,1-5H3,(H,33,35)/t23-,29+/m1/s1. The summed E-state index contributed by atoms with van der Waals surface area (Å²) in [5.74, 6) is -0.387. The van der Waals surface area contributed by atoms with Crippen molar-refractivity contribution in [2.24, 2.45) is 5.92 Å². The van der Waals surface area contributed by atoms with E-state index in [0.717, 1.165) is 0 Å². The minimum Gasteiger partial charge on any atom is -0.497 e. The molecule has 0 fully saturated rings. The van der Waals surface area contributed by atoms with Gasteiger partial charge in [0.1, 0.15) is 23.2 Å². The number of hydrogen-bond acceptors (Lipinski definition) is 6. The first kappa shape index (κ1) is 29.7. The van der Waals surface area contributed by atoms with E-state index in [4.69, 9.17) is 13.9 Å². The molecule has 2 amide bonds. The zero-order valence-corrected chi connectivity index (χ0v) is 24.7. The van der Waals surface area contributed by atoms with Crippen LogP contribution in [0.4, 0.5) is 10.5 Å². The van der Waals surface area contributed by atoms with E-state index in [9.17, 15) is 9.59 Å². The largest absolute Gasteiger partial charge is 0.497 e. The number of rotatable bonds is 9. The minimum atomic E-state index is -3.96. The van der Waals surface area contributed by atoms with Gasteiger partial charge in [0.15, 0.2) is 0 Å². The fourth-order valence-corrected chi connectivity index (χ4v) is 7.37. The van der Waals surface area contributed by atoms with E-state index in [0.29, 0.717) is 27.8 Å². The predicted octanol–water partition coefficient (Wildman–Crippen LogP) is 6.77. The monoisotopic (exact) mass is 574 g/mol. The van der Waals surface area contributed by atoms with Gasteiger partial charge in [0.25, 0.3) is 0 Å². The van der Waals surface area contributed by atoms with Gasteiger partial charge >= 0.3 is 6.09 Å². The van der Waals surface area contributed by atoms with Crippen LogP contribution in [0.5, 0.6) is 5.75 Å². The molecular formula is C32H35N2O6P. The molecule has 3 aromatic carbocycles. The lowest BCUT2D eigenvalue weighted by atomic mass is 9.98. The van der Waals surface area contributed by atoms with Gasteiger partial charge in [0.2, 0.25) is 13.2 Å². The molecule has 0 bridgehead atoms. The molecule has 2 atom stereocenters. The number of carbonyl (C=O) groups is 2. The van der Waals surface area contributed by atoms with E-state index >= 15 is 4.57 Å². The summed E-state index contributed by atoms with van der Waals surface area (Å²) in [6.07, 6.45) is 0.624. The zero-order valence-electron chi connectivity index (χ0n) is 23.8. The highest BCUT2D eigenvalue weighted by Crippen LogP contribution is 2.54. The normalized spacial score (nSPS) is 13.1. The first-order valence-electron chi connectivity index (χ1n) is 13.3. The van der Waals surface area contributed by atoms with Crippen LogP contribution in [0.3, 0.4) is 0 Å². The van der Waals surface area contributed by atoms with Crippen LogP contribution in [0.2, 0.25) is 0 Å². The van der Waals surface area contributed by atoms with Crippen LogP contribution >= 0.6 is 7.29 Å². The highest BCUT2D eigenvalue weighted by Gasteiger charge is 2.49. The lowest BCUT2D eigenvalue weighted by molar-refractivity contribution is -0.121. The molecule has 0 unspecified atom stereocenters. The van der Waals surface area contributed by atoms with Crippen molar-refractivity contribution in [2.45, 2.75) is 39.3 Å². The van der Waals surface area contributed by atoms with E-state index in [1.165, 1.54) is 10.9 Å². The van der Waals surface area contributed by atoms with Gasteiger partial charge in [0.05, 0.1) is 19.3 Å². The Morgan fingerprint density at radius 3 is 1.88 bits per heavy atom. The SMILES string of the molecule is COc1ccc(NC(=O)[C@H](C)[C@@H](c2ccco2)N(C(=O)OC(C)(C)C)P(=O)(c2ccccc2)c2ccccc2)cc1. The fourth-order valence-electron chi connectivity index (χ4n) is 4.48. The average molecular weight is 575 g/mol. The van der Waals surface area contributed by atoms with Crippen molar-refractivity contribution >= 4 is 35.6 Å². The Balaban J connectivity index is 1.89. The first-order valence-corrected chi connectivity index (χ1v) is 14.9. The van der Waals surface area contributed by atoms with E-state index < -0.39 is 36.9 Å². The molecule has 0 aliphatic rings. The molecule has 0 spiro atoms. The number of furan rings is 1. The second-order valence-corrected chi connectivity index (χ2v) is 13.2. The van der Waals surface area contributed by atoms with Crippen molar-refractivity contribution in [3.63, 3.8) is 0 Å². The average Bonchev–Trinajstić information content (AvgIpc) is 3.50. The second kappa shape index (κ2) is 12.5. The number of amides is 2. The maximum Gasteiger partial charge on any atom is 0.417 e. The van der Waals surface area contributed by atoms with Crippen LogP contribution in [0.25, 0.3) is 0 Å². The molecule has 1 aromatic heterocycles. The maximum atomic E-state index is 15.6. The summed E-state index contributed by atoms with van der Waals surface area (Å²) < 4.78 is 33.7. The Morgan fingerprint density at radius 2 is 1.41 bits per heavy atom. The molecule has 0 saturated carbocycles. The topological polar surface area (TPSA) is 98.1 Å². The van der Waals surface area contributed by atoms with Gasteiger partial charge in [-0.25, -0.2) is 9.46 Å². The molecule has 214 valence electrons. The predicted molar refractivity (Wildman–Crippen MR) is 160 cm³/mol. The Kier molecular flexibility index (Phi) is 9.04. The van der Waals surface area contributed by atoms with Crippen LogP contribution in [0.15, 0.2) is 108 Å². The van der Waals surface area contributed by atoms with Gasteiger partial charge in [-0.15, -0.1) is 0 Å².